The fourth-order valence-corrected chi connectivity index (χ4v) is 1.52. The van der Waals surface area contributed by atoms with E-state index in [4.69, 9.17) is 4.74 Å². The number of ether oxygens (including phenoxy) is 1. The first-order chi connectivity index (χ1) is 7.11. The van der Waals surface area contributed by atoms with Crippen molar-refractivity contribution in [2.24, 2.45) is 0 Å². The maximum Gasteiger partial charge on any atom is 0.120 e. The van der Waals surface area contributed by atoms with Gasteiger partial charge in [0.25, 0.3) is 0 Å². The van der Waals surface area contributed by atoms with E-state index in [1.165, 1.54) is 5.57 Å². The normalized spacial score (nSPS) is 11.7. The predicted molar refractivity (Wildman–Crippen MR) is 65.5 cm³/mol. The van der Waals surface area contributed by atoms with Crippen molar-refractivity contribution in [1.82, 2.24) is 0 Å². The van der Waals surface area contributed by atoms with E-state index >= 15 is 0 Å². The second-order valence-corrected chi connectivity index (χ2v) is 3.91. The molecule has 0 aliphatic carbocycles. The Balaban J connectivity index is 2.68. The molecule has 0 radical (unpaired) electrons. The first kappa shape index (κ1) is 11.6. The van der Waals surface area contributed by atoms with E-state index < -0.39 is 0 Å². The second kappa shape index (κ2) is 5.44. The molecule has 1 aromatic rings. The van der Waals surface area contributed by atoms with Crippen LogP contribution >= 0.6 is 0 Å². The van der Waals surface area contributed by atoms with Crippen molar-refractivity contribution in [2.75, 3.05) is 12.4 Å². The Morgan fingerprint density at radius 3 is 2.73 bits per heavy atom. The molecule has 1 N–H and O–H groups in total. The Hall–Kier alpha value is -1.44. The summed E-state index contributed by atoms with van der Waals surface area (Å²) in [6.45, 7) is 6.33. The molecule has 0 saturated heterocycles. The predicted octanol–water partition coefficient (Wildman–Crippen LogP) is 3.46. The molecule has 1 rings (SSSR count). The van der Waals surface area contributed by atoms with Gasteiger partial charge in [0, 0.05) is 17.8 Å². The third-order valence-corrected chi connectivity index (χ3v) is 2.05. The third-order valence-electron chi connectivity index (χ3n) is 2.05. The molecule has 1 atom stereocenters. The Bertz CT molecular complexity index is 340. The molecule has 0 fully saturated rings. The minimum atomic E-state index is 0.335. The molecule has 0 bridgehead atoms. The largest absolute Gasteiger partial charge is 0.497 e. The van der Waals surface area contributed by atoms with Crippen LogP contribution in [0.25, 0.3) is 0 Å². The van der Waals surface area contributed by atoms with Crippen LogP contribution in [-0.4, -0.2) is 13.2 Å². The number of nitrogens with one attached hydrogen (secondary N) is 1. The van der Waals surface area contributed by atoms with E-state index in [2.05, 4.69) is 32.2 Å². The van der Waals surface area contributed by atoms with Gasteiger partial charge in [0.1, 0.15) is 5.75 Å². The molecule has 0 aliphatic rings. The summed E-state index contributed by atoms with van der Waals surface area (Å²) in [5.41, 5.74) is 2.40. The molecule has 0 aliphatic heterocycles. The van der Waals surface area contributed by atoms with Crippen LogP contribution in [0.2, 0.25) is 0 Å². The van der Waals surface area contributed by atoms with Crippen molar-refractivity contribution in [3.8, 4) is 5.75 Å². The maximum atomic E-state index is 5.16. The monoisotopic (exact) mass is 205 g/mol. The summed E-state index contributed by atoms with van der Waals surface area (Å²) in [6.07, 6.45) is 2.19. The molecule has 1 unspecified atom stereocenters. The van der Waals surface area contributed by atoms with E-state index in [1.54, 1.807) is 7.11 Å². The molecule has 0 amide bonds. The first-order valence-corrected chi connectivity index (χ1v) is 5.17. The number of hydrogen-bond acceptors (Lipinski definition) is 2. The average molecular weight is 205 g/mol. The van der Waals surface area contributed by atoms with Crippen LogP contribution < -0.4 is 10.1 Å². The van der Waals surface area contributed by atoms with Crippen molar-refractivity contribution < 1.29 is 4.74 Å². The highest BCUT2D eigenvalue weighted by molar-refractivity contribution is 5.49. The zero-order chi connectivity index (χ0) is 11.3. The maximum absolute atomic E-state index is 5.16. The van der Waals surface area contributed by atoms with Crippen molar-refractivity contribution in [3.63, 3.8) is 0 Å². The van der Waals surface area contributed by atoms with Gasteiger partial charge in [-0.1, -0.05) is 17.7 Å². The highest BCUT2D eigenvalue weighted by Crippen LogP contribution is 2.17. The number of allylic oxidation sites excluding steroid dienone is 1. The lowest BCUT2D eigenvalue weighted by Crippen LogP contribution is -2.12. The van der Waals surface area contributed by atoms with Crippen LogP contribution in [0.5, 0.6) is 5.75 Å². The van der Waals surface area contributed by atoms with E-state index in [1.807, 2.05) is 24.3 Å². The average Bonchev–Trinajstić information content (AvgIpc) is 2.16. The van der Waals surface area contributed by atoms with Crippen molar-refractivity contribution in [3.05, 3.63) is 35.9 Å². The Kier molecular flexibility index (Phi) is 4.22. The van der Waals surface area contributed by atoms with Crippen molar-refractivity contribution >= 4 is 5.69 Å². The molecule has 0 heterocycles. The summed E-state index contributed by atoms with van der Waals surface area (Å²) in [6, 6.07) is 8.29. The molecule has 0 aromatic heterocycles. The number of hydrogen-bond donors (Lipinski definition) is 1. The first-order valence-electron chi connectivity index (χ1n) is 5.17. The van der Waals surface area contributed by atoms with Gasteiger partial charge in [-0.25, -0.2) is 0 Å². The lowest BCUT2D eigenvalue weighted by Gasteiger charge is -2.12. The molecule has 15 heavy (non-hydrogen) atoms. The van der Waals surface area contributed by atoms with Gasteiger partial charge in [-0.3, -0.25) is 0 Å². The summed E-state index contributed by atoms with van der Waals surface area (Å²) in [4.78, 5) is 0. The quantitative estimate of drug-likeness (QED) is 0.760. The molecular formula is C13H19NO. The fourth-order valence-electron chi connectivity index (χ4n) is 1.52. The number of anilines is 1. The van der Waals surface area contributed by atoms with Gasteiger partial charge < -0.3 is 10.1 Å². The Labute approximate surface area is 92.0 Å². The highest BCUT2D eigenvalue weighted by Gasteiger charge is 1.99. The molecular weight excluding hydrogens is 186 g/mol. The van der Waals surface area contributed by atoms with Gasteiger partial charge >= 0.3 is 0 Å². The topological polar surface area (TPSA) is 21.3 Å². The number of rotatable bonds is 4. The van der Waals surface area contributed by atoms with Crippen molar-refractivity contribution in [1.29, 1.82) is 0 Å². The summed E-state index contributed by atoms with van der Waals surface area (Å²) in [5.74, 6) is 0.879. The Morgan fingerprint density at radius 2 is 2.13 bits per heavy atom. The smallest absolute Gasteiger partial charge is 0.120 e. The van der Waals surface area contributed by atoms with Gasteiger partial charge in [-0.2, -0.15) is 0 Å². The summed E-state index contributed by atoms with van der Waals surface area (Å²) in [5, 5.41) is 3.39. The van der Waals surface area contributed by atoms with E-state index in [-0.39, 0.29) is 0 Å². The van der Waals surface area contributed by atoms with Crippen LogP contribution in [0.1, 0.15) is 20.8 Å². The lowest BCUT2D eigenvalue weighted by atomic mass is 10.2. The van der Waals surface area contributed by atoms with Gasteiger partial charge in [0.05, 0.1) is 7.11 Å². The van der Waals surface area contributed by atoms with Crippen LogP contribution in [0.4, 0.5) is 5.69 Å². The molecule has 0 saturated carbocycles. The van der Waals surface area contributed by atoms with E-state index in [0.717, 1.165) is 11.4 Å². The molecule has 0 spiro atoms. The standard InChI is InChI=1S/C13H19NO/c1-10(2)8-11(3)14-12-6-5-7-13(9-12)15-4/h5-9,11,14H,1-4H3. The fraction of sp³-hybridized carbons (Fsp3) is 0.385. The van der Waals surface area contributed by atoms with Gasteiger partial charge in [-0.05, 0) is 32.9 Å². The summed E-state index contributed by atoms with van der Waals surface area (Å²) in [7, 11) is 1.68. The van der Waals surface area contributed by atoms with Gasteiger partial charge in [0.15, 0.2) is 0 Å². The van der Waals surface area contributed by atoms with E-state index in [9.17, 15) is 0 Å². The third kappa shape index (κ3) is 4.07. The second-order valence-electron chi connectivity index (χ2n) is 3.91. The minimum Gasteiger partial charge on any atom is -0.497 e. The highest BCUT2D eigenvalue weighted by atomic mass is 16.5. The zero-order valence-electron chi connectivity index (χ0n) is 9.87. The van der Waals surface area contributed by atoms with Gasteiger partial charge in [-0.15, -0.1) is 0 Å². The van der Waals surface area contributed by atoms with Crippen molar-refractivity contribution in [2.45, 2.75) is 26.8 Å². The zero-order valence-corrected chi connectivity index (χ0v) is 9.87. The molecule has 82 valence electrons. The molecule has 2 heteroatoms. The Morgan fingerprint density at radius 1 is 1.40 bits per heavy atom. The summed E-state index contributed by atoms with van der Waals surface area (Å²) < 4.78 is 5.16. The number of benzene rings is 1. The van der Waals surface area contributed by atoms with Crippen LogP contribution in [0.3, 0.4) is 0 Å². The van der Waals surface area contributed by atoms with Gasteiger partial charge in [0.2, 0.25) is 0 Å². The van der Waals surface area contributed by atoms with Crippen LogP contribution in [0, 0.1) is 0 Å². The van der Waals surface area contributed by atoms with Crippen LogP contribution in [-0.2, 0) is 0 Å². The van der Waals surface area contributed by atoms with Crippen LogP contribution in [0.15, 0.2) is 35.9 Å². The lowest BCUT2D eigenvalue weighted by molar-refractivity contribution is 0.415. The molecule has 1 aromatic carbocycles. The summed E-state index contributed by atoms with van der Waals surface area (Å²) >= 11 is 0. The molecule has 2 nitrogen and oxygen atoms in total. The SMILES string of the molecule is COc1cccc(NC(C)C=C(C)C)c1. The minimum absolute atomic E-state index is 0.335. The number of methoxy groups -OCH3 is 1. The van der Waals surface area contributed by atoms with E-state index in [0.29, 0.717) is 6.04 Å².